The molecule has 0 aliphatic heterocycles. The molecule has 6 nitrogen and oxygen atoms in total. The Labute approximate surface area is 170 Å². The minimum absolute atomic E-state index is 0.0185. The van der Waals surface area contributed by atoms with Gasteiger partial charge >= 0.3 is 6.18 Å². The Kier molecular flexibility index (Phi) is 4.76. The smallest absolute Gasteiger partial charge is 0.358 e. The number of alkyl halides is 3. The number of aryl methyl sites for hydroxylation is 1. The second-order valence-corrected chi connectivity index (χ2v) is 7.56. The maximum atomic E-state index is 13.2. The second kappa shape index (κ2) is 7.16. The number of amides is 1. The fourth-order valence-corrected chi connectivity index (χ4v) is 3.33. The van der Waals surface area contributed by atoms with Crippen LogP contribution in [0.1, 0.15) is 29.7 Å². The van der Waals surface area contributed by atoms with Gasteiger partial charge in [0.25, 0.3) is 5.82 Å². The molecule has 1 fully saturated rings. The van der Waals surface area contributed by atoms with E-state index in [1.54, 1.807) is 6.20 Å². The summed E-state index contributed by atoms with van der Waals surface area (Å²) in [7, 11) is 0. The first kappa shape index (κ1) is 19.9. The summed E-state index contributed by atoms with van der Waals surface area (Å²) >= 11 is 0. The third-order valence-electron chi connectivity index (χ3n) is 5.37. The molecule has 1 aliphatic carbocycles. The van der Waals surface area contributed by atoms with E-state index < -0.39 is 17.5 Å². The van der Waals surface area contributed by atoms with Gasteiger partial charge in [0.05, 0.1) is 12.6 Å². The van der Waals surface area contributed by atoms with E-state index in [1.165, 1.54) is 0 Å². The van der Waals surface area contributed by atoms with Gasteiger partial charge in [-0.25, -0.2) is 4.98 Å². The highest BCUT2D eigenvalue weighted by Crippen LogP contribution is 2.59. The van der Waals surface area contributed by atoms with Crippen LogP contribution >= 0.6 is 0 Å². The lowest BCUT2D eigenvalue weighted by molar-refractivity contribution is -0.360. The number of aromatic nitrogens is 2. The number of H-pyrrole nitrogens is 1. The number of carbonyl (C=O) groups excluding carboxylic acids is 1. The number of nitrogen functional groups attached to an aromatic ring is 1. The fourth-order valence-electron chi connectivity index (χ4n) is 3.33. The quantitative estimate of drug-likeness (QED) is 0.660. The third kappa shape index (κ3) is 3.74. The molecule has 0 saturated heterocycles. The Hall–Kier alpha value is -3.36. The van der Waals surface area contributed by atoms with Crippen LogP contribution in [0.2, 0.25) is 0 Å². The van der Waals surface area contributed by atoms with Crippen molar-refractivity contribution in [1.29, 1.82) is 0 Å². The number of carbonyl (C=O) groups is 1. The molecule has 1 amide bonds. The van der Waals surface area contributed by atoms with Crippen LogP contribution < -0.4 is 16.0 Å². The molecule has 9 heteroatoms. The molecule has 0 atom stereocenters. The zero-order valence-corrected chi connectivity index (χ0v) is 16.1. The Morgan fingerprint density at radius 2 is 1.93 bits per heavy atom. The largest absolute Gasteiger partial charge is 0.401 e. The van der Waals surface area contributed by atoms with Crippen molar-refractivity contribution in [2.75, 3.05) is 11.1 Å². The van der Waals surface area contributed by atoms with Crippen LogP contribution in [0.25, 0.3) is 11.1 Å². The van der Waals surface area contributed by atoms with Crippen molar-refractivity contribution >= 4 is 17.5 Å². The van der Waals surface area contributed by atoms with Crippen molar-refractivity contribution in [2.24, 2.45) is 0 Å². The molecule has 0 radical (unpaired) electrons. The van der Waals surface area contributed by atoms with Gasteiger partial charge in [0, 0.05) is 17.2 Å². The average Bonchev–Trinajstić information content (AvgIpc) is 3.39. The molecule has 1 aliphatic rings. The first-order valence-electron chi connectivity index (χ1n) is 9.39. The Bertz CT molecular complexity index is 1090. The minimum atomic E-state index is -4.39. The number of hydrogen-bond donors (Lipinski definition) is 2. The van der Waals surface area contributed by atoms with Crippen LogP contribution in [-0.4, -0.2) is 17.2 Å². The molecule has 0 unspecified atom stereocenters. The number of nitrogens with one attached hydrogen (secondary N) is 2. The van der Waals surface area contributed by atoms with Crippen molar-refractivity contribution in [2.45, 2.75) is 37.8 Å². The van der Waals surface area contributed by atoms with Crippen LogP contribution in [0.3, 0.4) is 0 Å². The predicted molar refractivity (Wildman–Crippen MR) is 103 cm³/mol. The predicted octanol–water partition coefficient (Wildman–Crippen LogP) is 3.82. The highest BCUT2D eigenvalue weighted by atomic mass is 19.4. The summed E-state index contributed by atoms with van der Waals surface area (Å²) in [6.45, 7) is 1.91. The average molecular weight is 417 g/mol. The molecular weight excluding hydrogens is 397 g/mol. The zero-order valence-electron chi connectivity index (χ0n) is 16.1. The van der Waals surface area contributed by atoms with Crippen LogP contribution in [-0.2, 0) is 16.6 Å². The maximum absolute atomic E-state index is 13.2. The standard InChI is InChI=1S/C21H19F3N4O2/c1-12-8-15(11-26-19(12)25)14-4-2-13(3-5-14)9-18(29)27-17-10-16(30-28-17)20(6-7-20)21(22,23)24/h2-5,8,10-11H,6-7,9H2,1H3,(H2,25,26)(H,27,28,29)/p+1. The summed E-state index contributed by atoms with van der Waals surface area (Å²) in [5, 5.41) is 6.06. The number of nitrogens with zero attached hydrogens (tertiary/aromatic N) is 1. The first-order valence-corrected chi connectivity index (χ1v) is 9.39. The van der Waals surface area contributed by atoms with Crippen LogP contribution in [0.15, 0.2) is 47.1 Å². The number of benzene rings is 1. The monoisotopic (exact) mass is 417 g/mol. The van der Waals surface area contributed by atoms with E-state index in [-0.39, 0.29) is 30.8 Å². The summed E-state index contributed by atoms with van der Waals surface area (Å²) < 4.78 is 44.3. The van der Waals surface area contributed by atoms with Crippen molar-refractivity contribution in [3.63, 3.8) is 0 Å². The van der Waals surface area contributed by atoms with Gasteiger partial charge < -0.3 is 9.84 Å². The van der Waals surface area contributed by atoms with Gasteiger partial charge in [-0.1, -0.05) is 29.4 Å². The minimum Gasteiger partial charge on any atom is -0.358 e. The molecule has 30 heavy (non-hydrogen) atoms. The van der Waals surface area contributed by atoms with Gasteiger partial charge in [0.15, 0.2) is 11.6 Å². The Morgan fingerprint density at radius 1 is 1.23 bits per heavy atom. The summed E-state index contributed by atoms with van der Waals surface area (Å²) in [5.74, 6) is -0.0673. The van der Waals surface area contributed by atoms with E-state index in [0.717, 1.165) is 28.3 Å². The maximum Gasteiger partial charge on any atom is 0.401 e. The molecule has 1 aromatic carbocycles. The van der Waals surface area contributed by atoms with E-state index in [4.69, 9.17) is 10.3 Å². The van der Waals surface area contributed by atoms with E-state index in [2.05, 4.69) is 15.5 Å². The Morgan fingerprint density at radius 3 is 2.53 bits per heavy atom. The van der Waals surface area contributed by atoms with Gasteiger partial charge in [0.1, 0.15) is 5.41 Å². The third-order valence-corrected chi connectivity index (χ3v) is 5.37. The number of anilines is 2. The summed E-state index contributed by atoms with van der Waals surface area (Å²) in [5.41, 5.74) is 7.44. The molecule has 2 aromatic heterocycles. The molecule has 2 heterocycles. The van der Waals surface area contributed by atoms with Crippen molar-refractivity contribution in [3.05, 3.63) is 59.5 Å². The van der Waals surface area contributed by atoms with Crippen molar-refractivity contribution < 1.29 is 27.5 Å². The van der Waals surface area contributed by atoms with Crippen LogP contribution in [0.5, 0.6) is 0 Å². The summed E-state index contributed by atoms with van der Waals surface area (Å²) in [4.78, 5) is 15.3. The lowest BCUT2D eigenvalue weighted by atomic mass is 10.0. The van der Waals surface area contributed by atoms with E-state index in [0.29, 0.717) is 5.82 Å². The van der Waals surface area contributed by atoms with Gasteiger partial charge in [-0.2, -0.15) is 13.2 Å². The molecule has 3 aromatic rings. The summed E-state index contributed by atoms with van der Waals surface area (Å²) in [6.07, 6.45) is -2.59. The molecule has 4 N–H and O–H groups in total. The highest BCUT2D eigenvalue weighted by molar-refractivity contribution is 5.91. The van der Waals surface area contributed by atoms with Gasteiger partial charge in [0.2, 0.25) is 5.91 Å². The molecule has 4 rings (SSSR count). The second-order valence-electron chi connectivity index (χ2n) is 7.56. The van der Waals surface area contributed by atoms with Gasteiger partial charge in [-0.05, 0) is 37.0 Å². The van der Waals surface area contributed by atoms with E-state index in [9.17, 15) is 18.0 Å². The topological polar surface area (TPSA) is 95.3 Å². The number of halogens is 3. The number of nitrogens with two attached hydrogens (primary N) is 1. The fraction of sp³-hybridized carbons (Fsp3) is 0.286. The zero-order chi connectivity index (χ0) is 21.5. The number of pyridine rings is 1. The normalized spacial score (nSPS) is 15.1. The van der Waals surface area contributed by atoms with Crippen LogP contribution in [0, 0.1) is 6.92 Å². The molecule has 0 spiro atoms. The van der Waals surface area contributed by atoms with E-state index >= 15 is 0 Å². The number of aromatic amines is 1. The SMILES string of the molecule is Cc1cc(-c2ccc(CC(=O)Nc3cc(C4(C(F)(F)F)CC4)on3)cc2)c[nH+]c1N. The highest BCUT2D eigenvalue weighted by Gasteiger charge is 2.66. The lowest BCUT2D eigenvalue weighted by Gasteiger charge is -2.14. The van der Waals surface area contributed by atoms with Crippen molar-refractivity contribution in [3.8, 4) is 11.1 Å². The molecule has 0 bridgehead atoms. The molecule has 1 saturated carbocycles. The molecular formula is C21H20F3N4O2+. The number of hydrogen-bond acceptors (Lipinski definition) is 4. The number of rotatable bonds is 5. The summed E-state index contributed by atoms with van der Waals surface area (Å²) in [6, 6.07) is 10.5. The van der Waals surface area contributed by atoms with Crippen molar-refractivity contribution in [1.82, 2.24) is 5.16 Å². The lowest BCUT2D eigenvalue weighted by Crippen LogP contribution is -2.28. The van der Waals surface area contributed by atoms with Gasteiger partial charge in [-0.3, -0.25) is 10.5 Å². The first-order chi connectivity index (χ1) is 14.2. The Balaban J connectivity index is 1.39. The van der Waals surface area contributed by atoms with E-state index in [1.807, 2.05) is 37.3 Å². The van der Waals surface area contributed by atoms with Gasteiger partial charge in [-0.15, -0.1) is 0 Å². The van der Waals surface area contributed by atoms with Crippen LogP contribution in [0.4, 0.5) is 24.8 Å². The molecule has 156 valence electrons.